The van der Waals surface area contributed by atoms with Crippen molar-refractivity contribution >= 4 is 28.5 Å². The van der Waals surface area contributed by atoms with Crippen molar-refractivity contribution in [3.8, 4) is 5.75 Å². The van der Waals surface area contributed by atoms with Crippen LogP contribution in [0.15, 0.2) is 72.8 Å². The number of phenolic OH excluding ortho intramolecular Hbond substituents is 1. The lowest BCUT2D eigenvalue weighted by Crippen LogP contribution is -2.27. The second kappa shape index (κ2) is 10.4. The highest BCUT2D eigenvalue weighted by atomic mass is 16.6. The van der Waals surface area contributed by atoms with E-state index in [4.69, 9.17) is 14.7 Å². The van der Waals surface area contributed by atoms with Crippen molar-refractivity contribution in [2.75, 3.05) is 12.4 Å². The molecule has 0 aliphatic carbocycles. The number of fused-ring (bicyclic) bond motifs is 1. The van der Waals surface area contributed by atoms with Gasteiger partial charge in [-0.1, -0.05) is 48.0 Å². The van der Waals surface area contributed by atoms with Crippen LogP contribution in [0.25, 0.3) is 10.8 Å². The molecule has 8 nitrogen and oxygen atoms in total. The molecule has 0 saturated heterocycles. The third-order valence-electron chi connectivity index (χ3n) is 4.89. The Morgan fingerprint density at radius 2 is 1.69 bits per heavy atom. The van der Waals surface area contributed by atoms with Crippen molar-refractivity contribution in [3.05, 3.63) is 83.9 Å². The van der Waals surface area contributed by atoms with E-state index in [1.807, 2.05) is 19.1 Å². The van der Waals surface area contributed by atoms with Gasteiger partial charge >= 0.3 is 6.09 Å². The fourth-order valence-corrected chi connectivity index (χ4v) is 3.28. The molecule has 0 unspecified atom stereocenters. The highest BCUT2D eigenvalue weighted by Gasteiger charge is 2.28. The zero-order valence-electron chi connectivity index (χ0n) is 17.6. The Bertz CT molecular complexity index is 1130. The minimum Gasteiger partial charge on any atom is -0.507 e. The average Bonchev–Trinajstić information content (AvgIpc) is 2.80. The van der Waals surface area contributed by atoms with Crippen LogP contribution in [0.5, 0.6) is 5.75 Å². The van der Waals surface area contributed by atoms with Crippen LogP contribution in [0, 0.1) is 6.92 Å². The minimum atomic E-state index is -0.973. The fourth-order valence-electron chi connectivity index (χ4n) is 3.28. The quantitative estimate of drug-likeness (QED) is 0.250. The summed E-state index contributed by atoms with van der Waals surface area (Å²) in [6.07, 6.45) is -0.122. The number of carbonyl (C=O) groups excluding carboxylic acids is 2. The summed E-state index contributed by atoms with van der Waals surface area (Å²) >= 11 is 0. The number of amides is 2. The van der Waals surface area contributed by atoms with E-state index in [0.29, 0.717) is 22.0 Å². The molecule has 8 heteroatoms. The summed E-state index contributed by atoms with van der Waals surface area (Å²) in [6.45, 7) is 1.94. The van der Waals surface area contributed by atoms with Crippen LogP contribution in [0.3, 0.4) is 0 Å². The lowest BCUT2D eigenvalue weighted by molar-refractivity contribution is -0.124. The van der Waals surface area contributed by atoms with Gasteiger partial charge in [0.15, 0.2) is 6.10 Å². The number of aromatic hydroxyl groups is 1. The summed E-state index contributed by atoms with van der Waals surface area (Å²) in [6, 6.07) is 17.5. The van der Waals surface area contributed by atoms with E-state index in [-0.39, 0.29) is 5.75 Å². The summed E-state index contributed by atoms with van der Waals surface area (Å²) in [5, 5.41) is 22.9. The summed E-state index contributed by atoms with van der Waals surface area (Å²) in [5.74, 6) is -0.679. The van der Waals surface area contributed by atoms with Gasteiger partial charge in [0.2, 0.25) is 0 Å². The van der Waals surface area contributed by atoms with E-state index >= 15 is 0 Å². The van der Waals surface area contributed by atoms with Crippen molar-refractivity contribution in [3.63, 3.8) is 0 Å². The molecule has 0 spiro atoms. The Morgan fingerprint density at radius 3 is 2.34 bits per heavy atom. The maximum absolute atomic E-state index is 12.7. The second-order valence-electron chi connectivity index (χ2n) is 7.07. The van der Waals surface area contributed by atoms with Gasteiger partial charge in [-0.05, 0) is 36.6 Å². The third kappa shape index (κ3) is 5.42. The molecule has 0 aliphatic heterocycles. The van der Waals surface area contributed by atoms with Gasteiger partial charge in [0.05, 0.1) is 0 Å². The number of anilines is 1. The van der Waals surface area contributed by atoms with Crippen molar-refractivity contribution in [1.29, 1.82) is 0 Å². The van der Waals surface area contributed by atoms with Crippen LogP contribution in [0.1, 0.15) is 17.2 Å². The van der Waals surface area contributed by atoms with Gasteiger partial charge in [0.1, 0.15) is 11.9 Å². The maximum atomic E-state index is 12.7. The number of benzene rings is 3. The summed E-state index contributed by atoms with van der Waals surface area (Å²) in [7, 11) is 1.41. The molecule has 0 bridgehead atoms. The van der Waals surface area contributed by atoms with Gasteiger partial charge in [-0.15, -0.1) is 0 Å². The van der Waals surface area contributed by atoms with Crippen LogP contribution in [-0.2, 0) is 14.3 Å². The number of ether oxygens (including phenoxy) is 2. The Balaban J connectivity index is 1.98. The maximum Gasteiger partial charge on any atom is 0.412 e. The van der Waals surface area contributed by atoms with Crippen LogP contribution in [-0.4, -0.2) is 35.5 Å². The van der Waals surface area contributed by atoms with E-state index in [9.17, 15) is 14.7 Å². The molecular weight excluding hydrogens is 412 g/mol. The third-order valence-corrected chi connectivity index (χ3v) is 4.89. The molecule has 0 radical (unpaired) electrons. The molecule has 166 valence electrons. The molecule has 0 fully saturated rings. The monoisotopic (exact) mass is 436 g/mol. The SMILES string of the molecule is CO[C@@H](/C=C/C(=O)NO)[C@@H](OC(=O)Nc1ccc(C)cc1)c1ccc(O)c2ccccc12. The first-order valence-corrected chi connectivity index (χ1v) is 9.83. The summed E-state index contributed by atoms with van der Waals surface area (Å²) in [5.41, 5.74) is 3.67. The molecule has 3 aromatic carbocycles. The first-order valence-electron chi connectivity index (χ1n) is 9.83. The first kappa shape index (κ1) is 22.8. The van der Waals surface area contributed by atoms with Crippen LogP contribution in [0.4, 0.5) is 10.5 Å². The fraction of sp³-hybridized carbons (Fsp3) is 0.167. The van der Waals surface area contributed by atoms with Gasteiger partial charge in [0.25, 0.3) is 5.91 Å². The number of hydroxylamine groups is 1. The Kier molecular flexibility index (Phi) is 7.43. The first-order chi connectivity index (χ1) is 15.4. The van der Waals surface area contributed by atoms with Crippen molar-refractivity contribution < 1.29 is 29.4 Å². The van der Waals surface area contributed by atoms with Gasteiger partial charge in [-0.3, -0.25) is 15.3 Å². The molecule has 0 heterocycles. The number of nitrogens with one attached hydrogen (secondary N) is 2. The molecule has 32 heavy (non-hydrogen) atoms. The zero-order chi connectivity index (χ0) is 23.1. The van der Waals surface area contributed by atoms with Gasteiger partial charge in [0, 0.05) is 29.8 Å². The van der Waals surface area contributed by atoms with Gasteiger partial charge in [-0.25, -0.2) is 10.3 Å². The summed E-state index contributed by atoms with van der Waals surface area (Å²) in [4.78, 5) is 24.2. The smallest absolute Gasteiger partial charge is 0.412 e. The summed E-state index contributed by atoms with van der Waals surface area (Å²) < 4.78 is 11.2. The lowest BCUT2D eigenvalue weighted by Gasteiger charge is -2.25. The topological polar surface area (TPSA) is 117 Å². The van der Waals surface area contributed by atoms with E-state index in [1.165, 1.54) is 24.7 Å². The largest absolute Gasteiger partial charge is 0.507 e. The number of hydrogen-bond donors (Lipinski definition) is 4. The van der Waals surface area contributed by atoms with E-state index < -0.39 is 24.2 Å². The van der Waals surface area contributed by atoms with E-state index in [2.05, 4.69) is 5.32 Å². The second-order valence-corrected chi connectivity index (χ2v) is 7.07. The number of hydrogen-bond acceptors (Lipinski definition) is 6. The molecule has 0 aromatic heterocycles. The lowest BCUT2D eigenvalue weighted by atomic mass is 9.96. The normalized spacial score (nSPS) is 13.0. The van der Waals surface area contributed by atoms with Crippen LogP contribution >= 0.6 is 0 Å². The predicted octanol–water partition coefficient (Wildman–Crippen LogP) is 4.22. The van der Waals surface area contributed by atoms with Crippen molar-refractivity contribution in [2.24, 2.45) is 0 Å². The predicted molar refractivity (Wildman–Crippen MR) is 120 cm³/mol. The standard InChI is InChI=1S/C24H24N2O6/c1-15-7-9-16(10-8-15)25-24(29)32-23(21(31-2)13-14-22(28)26-30)19-11-12-20(27)18-6-4-3-5-17(18)19/h3-14,21,23,27,30H,1-2H3,(H,25,29)(H,26,28)/b14-13+/t21-,23-/m0/s1. The Hall–Kier alpha value is -3.88. The zero-order valence-corrected chi connectivity index (χ0v) is 17.6. The van der Waals surface area contributed by atoms with Gasteiger partial charge < -0.3 is 14.6 Å². The van der Waals surface area contributed by atoms with Crippen LogP contribution in [0.2, 0.25) is 0 Å². The molecule has 0 saturated carbocycles. The molecule has 0 aliphatic rings. The Morgan fingerprint density at radius 1 is 1.00 bits per heavy atom. The molecule has 3 rings (SSSR count). The highest BCUT2D eigenvalue weighted by Crippen LogP contribution is 2.35. The highest BCUT2D eigenvalue weighted by molar-refractivity contribution is 5.92. The Labute approximate surface area is 185 Å². The van der Waals surface area contributed by atoms with Crippen LogP contribution < -0.4 is 10.8 Å². The van der Waals surface area contributed by atoms with Crippen molar-refractivity contribution in [2.45, 2.75) is 19.1 Å². The minimum absolute atomic E-state index is 0.0800. The molecular formula is C24H24N2O6. The van der Waals surface area contributed by atoms with E-state index in [1.54, 1.807) is 42.5 Å². The number of carbonyl (C=O) groups is 2. The molecule has 3 aromatic rings. The van der Waals surface area contributed by atoms with Gasteiger partial charge in [-0.2, -0.15) is 0 Å². The number of methoxy groups -OCH3 is 1. The number of aryl methyl sites for hydroxylation is 1. The molecule has 4 N–H and O–H groups in total. The number of phenols is 1. The molecule has 2 amide bonds. The number of rotatable bonds is 7. The average molecular weight is 436 g/mol. The molecule has 2 atom stereocenters. The van der Waals surface area contributed by atoms with E-state index in [0.717, 1.165) is 11.6 Å². The van der Waals surface area contributed by atoms with Crippen molar-refractivity contribution in [1.82, 2.24) is 5.48 Å².